The fourth-order valence-electron chi connectivity index (χ4n) is 7.74. The van der Waals surface area contributed by atoms with E-state index < -0.39 is 92.3 Å². The number of sulfonamides is 1. The lowest BCUT2D eigenvalue weighted by Crippen LogP contribution is -2.60. The molecular weight excluding hydrogens is 784 g/mol. The van der Waals surface area contributed by atoms with Crippen LogP contribution in [-0.2, 0) is 29.1 Å². The number of nitrogens with one attached hydrogen (secondary N) is 3. The van der Waals surface area contributed by atoms with Gasteiger partial charge in [-0.3, -0.25) is 19.1 Å². The maximum absolute atomic E-state index is 14.8. The SMILES string of the molecule is COc1ccc2c(O[C@@H]3C[C@H]4C(=O)N[C@]5(C(=O)NS(=O)(=O)C6(CF)CC6)C[C@H]5/C=C\CC[C@H](C)C[C@@H](C)[C@H](NC(=O)OC(C)(C)C(C)(F)F)C(=O)N4C3)nccc2c1. The van der Waals surface area contributed by atoms with Crippen molar-refractivity contribution in [1.82, 2.24) is 25.2 Å². The fourth-order valence-corrected chi connectivity index (χ4v) is 9.16. The van der Waals surface area contributed by atoms with Crippen molar-refractivity contribution in [3.05, 3.63) is 42.6 Å². The molecule has 4 amide bonds. The van der Waals surface area contributed by atoms with E-state index in [4.69, 9.17) is 14.2 Å². The number of allylic oxidation sites excluding steroid dienone is 1. The summed E-state index contributed by atoms with van der Waals surface area (Å²) in [7, 11) is -2.90. The fraction of sp³-hybridized carbons (Fsp3) is 0.625. The van der Waals surface area contributed by atoms with Crippen molar-refractivity contribution >= 4 is 44.6 Å². The summed E-state index contributed by atoms with van der Waals surface area (Å²) in [6.07, 6.45) is 4.63. The number of alkyl halides is 3. The number of halogens is 3. The zero-order valence-electron chi connectivity index (χ0n) is 33.5. The first-order valence-corrected chi connectivity index (χ1v) is 21.0. The molecule has 58 heavy (non-hydrogen) atoms. The molecule has 7 atom stereocenters. The number of nitrogens with zero attached hydrogens (tertiary/aromatic N) is 2. The second kappa shape index (κ2) is 15.9. The maximum Gasteiger partial charge on any atom is 0.408 e. The largest absolute Gasteiger partial charge is 0.497 e. The van der Waals surface area contributed by atoms with Gasteiger partial charge in [-0.2, -0.15) is 0 Å². The number of hydrogen-bond acceptors (Lipinski definition) is 10. The summed E-state index contributed by atoms with van der Waals surface area (Å²) in [6, 6.07) is 4.37. The lowest BCUT2D eigenvalue weighted by Gasteiger charge is -2.35. The Bertz CT molecular complexity index is 2070. The Balaban J connectivity index is 1.35. The molecule has 1 aromatic heterocycles. The minimum Gasteiger partial charge on any atom is -0.497 e. The highest BCUT2D eigenvalue weighted by atomic mass is 32.2. The number of aromatic nitrogens is 1. The van der Waals surface area contributed by atoms with Crippen LogP contribution in [0.25, 0.3) is 10.8 Å². The van der Waals surface area contributed by atoms with E-state index in [0.29, 0.717) is 37.3 Å². The van der Waals surface area contributed by atoms with Crippen LogP contribution in [-0.4, -0.2) is 102 Å². The van der Waals surface area contributed by atoms with Crippen molar-refractivity contribution in [1.29, 1.82) is 0 Å². The van der Waals surface area contributed by atoms with E-state index in [9.17, 15) is 40.8 Å². The van der Waals surface area contributed by atoms with E-state index in [-0.39, 0.29) is 44.0 Å². The molecule has 3 heterocycles. The lowest BCUT2D eigenvalue weighted by atomic mass is 9.88. The van der Waals surface area contributed by atoms with Crippen LogP contribution in [0.5, 0.6) is 11.6 Å². The normalized spacial score (nSPS) is 29.4. The second-order valence-electron chi connectivity index (χ2n) is 16.9. The summed E-state index contributed by atoms with van der Waals surface area (Å²) in [5.41, 5.74) is -3.96. The molecule has 2 aliphatic heterocycles. The molecule has 0 spiro atoms. The number of amides is 4. The van der Waals surface area contributed by atoms with Gasteiger partial charge in [0.25, 0.3) is 11.8 Å². The van der Waals surface area contributed by atoms with Gasteiger partial charge in [0.1, 0.15) is 40.9 Å². The Morgan fingerprint density at radius 3 is 2.48 bits per heavy atom. The van der Waals surface area contributed by atoms with E-state index in [0.717, 1.165) is 19.2 Å². The van der Waals surface area contributed by atoms with E-state index in [2.05, 4.69) is 15.6 Å². The maximum atomic E-state index is 14.8. The summed E-state index contributed by atoms with van der Waals surface area (Å²) < 4.78 is 86.2. The van der Waals surface area contributed by atoms with Crippen LogP contribution in [0, 0.1) is 17.8 Å². The Morgan fingerprint density at radius 2 is 1.83 bits per heavy atom. The Labute approximate surface area is 336 Å². The van der Waals surface area contributed by atoms with Gasteiger partial charge in [0.05, 0.1) is 13.7 Å². The van der Waals surface area contributed by atoms with Gasteiger partial charge in [-0.25, -0.2) is 31.4 Å². The van der Waals surface area contributed by atoms with E-state index in [1.165, 1.54) is 18.2 Å². The van der Waals surface area contributed by atoms with Crippen molar-refractivity contribution in [2.45, 2.75) is 120 Å². The lowest BCUT2D eigenvalue weighted by molar-refractivity contribution is -0.152. The van der Waals surface area contributed by atoms with Crippen LogP contribution >= 0.6 is 0 Å². The Hall–Kier alpha value is -4.61. The number of fused-ring (bicyclic) bond motifs is 3. The molecule has 18 heteroatoms. The number of pyridine rings is 1. The van der Waals surface area contributed by atoms with E-state index in [1.807, 2.05) is 17.7 Å². The molecule has 14 nitrogen and oxygen atoms in total. The molecule has 6 rings (SSSR count). The highest BCUT2D eigenvalue weighted by Crippen LogP contribution is 2.48. The molecule has 4 aliphatic rings. The number of carbonyl (C=O) groups is 4. The van der Waals surface area contributed by atoms with Gasteiger partial charge in [-0.15, -0.1) is 0 Å². The quantitative estimate of drug-likeness (QED) is 0.277. The topological polar surface area (TPSA) is 182 Å². The van der Waals surface area contributed by atoms with E-state index in [1.54, 1.807) is 37.3 Å². The first kappa shape index (κ1) is 43.0. The molecule has 1 saturated heterocycles. The second-order valence-corrected chi connectivity index (χ2v) is 19.0. The van der Waals surface area contributed by atoms with Crippen molar-refractivity contribution in [2.75, 3.05) is 20.3 Å². The van der Waals surface area contributed by atoms with Gasteiger partial charge < -0.3 is 29.7 Å². The van der Waals surface area contributed by atoms with Gasteiger partial charge in [0, 0.05) is 30.8 Å². The summed E-state index contributed by atoms with van der Waals surface area (Å²) >= 11 is 0. The Morgan fingerprint density at radius 1 is 1.10 bits per heavy atom. The first-order valence-electron chi connectivity index (χ1n) is 19.5. The van der Waals surface area contributed by atoms with Crippen LogP contribution in [0.4, 0.5) is 18.0 Å². The molecule has 2 saturated carbocycles. The smallest absolute Gasteiger partial charge is 0.408 e. The molecule has 0 bridgehead atoms. The van der Waals surface area contributed by atoms with E-state index >= 15 is 0 Å². The third-order valence-electron chi connectivity index (χ3n) is 12.2. The molecule has 1 aromatic carbocycles. The monoisotopic (exact) mass is 835 g/mol. The van der Waals surface area contributed by atoms with Crippen LogP contribution in [0.3, 0.4) is 0 Å². The predicted molar refractivity (Wildman–Crippen MR) is 206 cm³/mol. The van der Waals surface area contributed by atoms with Crippen LogP contribution < -0.4 is 24.8 Å². The van der Waals surface area contributed by atoms with Crippen molar-refractivity contribution in [2.24, 2.45) is 17.8 Å². The first-order chi connectivity index (χ1) is 27.2. The molecular formula is C40H52F3N5O9S. The van der Waals surface area contributed by atoms with Crippen molar-refractivity contribution in [3.8, 4) is 11.6 Å². The third-order valence-corrected chi connectivity index (χ3v) is 14.3. The van der Waals surface area contributed by atoms with Crippen LogP contribution in [0.2, 0.25) is 0 Å². The number of carbonyl (C=O) groups excluding carboxylic acids is 4. The van der Waals surface area contributed by atoms with Gasteiger partial charge in [0.15, 0.2) is 5.60 Å². The molecule has 2 aromatic rings. The molecule has 3 fully saturated rings. The summed E-state index contributed by atoms with van der Waals surface area (Å²) in [4.78, 5) is 62.1. The van der Waals surface area contributed by atoms with Gasteiger partial charge >= 0.3 is 6.09 Å². The predicted octanol–water partition coefficient (Wildman–Crippen LogP) is 4.96. The number of benzene rings is 1. The standard InChI is InChI=1S/C40H52F3N5O9S/c1-23-9-7-8-10-26-20-40(26,35(51)47-58(53,54)39(22-41)14-15-39)46-32(49)30-19-28(56-33-29-12-11-27(55-6)18-25(29)13-16-44-33)21-48(30)34(50)31(24(2)17-23)45-36(52)57-37(3,4)38(5,42)43/h8,10-13,16,18,23-24,26,28,30-31H,7,9,14-15,17,19-22H2,1-6H3,(H,45,52)(H,46,49)(H,47,51)/b10-8-/t23-,24+,26+,28+,30-,31-,40+/m0/s1. The van der Waals surface area contributed by atoms with Crippen LogP contribution in [0.1, 0.15) is 79.6 Å². The summed E-state index contributed by atoms with van der Waals surface area (Å²) in [5, 5.41) is 6.64. The number of rotatable bonds is 10. The summed E-state index contributed by atoms with van der Waals surface area (Å²) in [6.45, 7) is 5.05. The number of methoxy groups -OCH3 is 1. The average molecular weight is 836 g/mol. The number of hydrogen-bond donors (Lipinski definition) is 3. The third kappa shape index (κ3) is 8.57. The minimum absolute atomic E-state index is 0.0107. The van der Waals surface area contributed by atoms with Crippen LogP contribution in [0.15, 0.2) is 42.6 Å². The van der Waals surface area contributed by atoms with Gasteiger partial charge in [-0.05, 0) is 93.9 Å². The average Bonchev–Trinajstić information content (AvgIpc) is 4.05. The number of alkyl carbamates (subject to hydrolysis) is 1. The molecule has 0 unspecified atom stereocenters. The number of ether oxygens (including phenoxy) is 3. The van der Waals surface area contributed by atoms with Crippen molar-refractivity contribution in [3.63, 3.8) is 0 Å². The highest BCUT2D eigenvalue weighted by Gasteiger charge is 2.64. The van der Waals surface area contributed by atoms with Crippen molar-refractivity contribution < 1.29 is 55.0 Å². The molecule has 0 radical (unpaired) electrons. The zero-order chi connectivity index (χ0) is 42.4. The highest BCUT2D eigenvalue weighted by molar-refractivity contribution is 7.91. The van der Waals surface area contributed by atoms with Gasteiger partial charge in [0.2, 0.25) is 27.7 Å². The van der Waals surface area contributed by atoms with Gasteiger partial charge in [-0.1, -0.05) is 26.0 Å². The molecule has 318 valence electrons. The summed E-state index contributed by atoms with van der Waals surface area (Å²) in [5.74, 6) is -6.35. The minimum atomic E-state index is -4.44. The zero-order valence-corrected chi connectivity index (χ0v) is 34.3. The molecule has 2 aliphatic carbocycles. The molecule has 3 N–H and O–H groups in total. The Kier molecular flexibility index (Phi) is 11.8.